The van der Waals surface area contributed by atoms with Crippen molar-refractivity contribution < 1.29 is 0 Å². The third-order valence-corrected chi connectivity index (χ3v) is 2.53. The van der Waals surface area contributed by atoms with E-state index in [1.54, 1.807) is 0 Å². The highest BCUT2D eigenvalue weighted by atomic mass is 15.0. The van der Waals surface area contributed by atoms with Gasteiger partial charge in [-0.25, -0.2) is 0 Å². The highest BCUT2D eigenvalue weighted by Crippen LogP contribution is 2.25. The average molecular weight is 162 g/mol. The predicted octanol–water partition coefficient (Wildman–Crippen LogP) is 1.68. The van der Waals surface area contributed by atoms with Crippen LogP contribution in [0.1, 0.15) is 30.5 Å². The van der Waals surface area contributed by atoms with Crippen molar-refractivity contribution >= 4 is 0 Å². The molecule has 1 N–H and O–H groups in total. The van der Waals surface area contributed by atoms with Gasteiger partial charge in [0.2, 0.25) is 0 Å². The van der Waals surface area contributed by atoms with Gasteiger partial charge in [-0.15, -0.1) is 0 Å². The third kappa shape index (κ3) is 1.23. The lowest BCUT2D eigenvalue weighted by Gasteiger charge is -2.29. The number of aromatic nitrogens is 1. The van der Waals surface area contributed by atoms with Crippen LogP contribution in [0.2, 0.25) is 0 Å². The summed E-state index contributed by atoms with van der Waals surface area (Å²) in [4.78, 5) is 4.16. The van der Waals surface area contributed by atoms with Gasteiger partial charge in [-0.2, -0.15) is 0 Å². The number of hydrogen-bond donors (Lipinski definition) is 1. The molecule has 1 aliphatic heterocycles. The van der Waals surface area contributed by atoms with Crippen molar-refractivity contribution in [2.24, 2.45) is 0 Å². The molecule has 1 fully saturated rings. The molecule has 0 bridgehead atoms. The fourth-order valence-electron chi connectivity index (χ4n) is 1.63. The van der Waals surface area contributed by atoms with Crippen molar-refractivity contribution in [3.8, 4) is 0 Å². The summed E-state index contributed by atoms with van der Waals surface area (Å²) in [6, 6.07) is 2.70. The van der Waals surface area contributed by atoms with E-state index in [-0.39, 0.29) is 0 Å². The van der Waals surface area contributed by atoms with Crippen LogP contribution in [-0.2, 0) is 6.42 Å². The summed E-state index contributed by atoms with van der Waals surface area (Å²) in [6.07, 6.45) is 6.24. The molecule has 0 saturated carbocycles. The van der Waals surface area contributed by atoms with Crippen molar-refractivity contribution in [3.63, 3.8) is 0 Å². The second kappa shape index (κ2) is 3.23. The number of hydrogen-bond acceptors (Lipinski definition) is 2. The number of nitrogens with one attached hydrogen (secondary N) is 1. The molecule has 0 spiro atoms. The van der Waals surface area contributed by atoms with Crippen molar-refractivity contribution in [1.82, 2.24) is 10.3 Å². The quantitative estimate of drug-likeness (QED) is 0.715. The Morgan fingerprint density at radius 1 is 1.67 bits per heavy atom. The van der Waals surface area contributed by atoms with E-state index in [1.807, 2.05) is 12.4 Å². The monoisotopic (exact) mass is 162 g/mol. The first kappa shape index (κ1) is 7.74. The molecular weight excluding hydrogens is 148 g/mol. The molecule has 64 valence electrons. The maximum atomic E-state index is 4.16. The van der Waals surface area contributed by atoms with Gasteiger partial charge in [0, 0.05) is 18.4 Å². The van der Waals surface area contributed by atoms with Crippen LogP contribution in [0.25, 0.3) is 0 Å². The zero-order chi connectivity index (χ0) is 8.39. The summed E-state index contributed by atoms with van der Waals surface area (Å²) in [5, 5.41) is 3.40. The Labute approximate surface area is 73.0 Å². The molecule has 1 atom stereocenters. The Kier molecular flexibility index (Phi) is 2.09. The predicted molar refractivity (Wildman–Crippen MR) is 49.0 cm³/mol. The van der Waals surface area contributed by atoms with E-state index in [4.69, 9.17) is 0 Å². The highest BCUT2D eigenvalue weighted by molar-refractivity contribution is 5.27. The van der Waals surface area contributed by atoms with Crippen LogP contribution in [0, 0.1) is 0 Å². The first-order chi connectivity index (χ1) is 5.92. The van der Waals surface area contributed by atoms with E-state index in [2.05, 4.69) is 23.3 Å². The lowest BCUT2D eigenvalue weighted by atomic mass is 9.94. The van der Waals surface area contributed by atoms with E-state index in [9.17, 15) is 0 Å². The van der Waals surface area contributed by atoms with Crippen molar-refractivity contribution in [1.29, 1.82) is 0 Å². The molecular formula is C10H14N2. The lowest BCUT2D eigenvalue weighted by molar-refractivity contribution is 0.380. The second-order valence-electron chi connectivity index (χ2n) is 3.22. The molecule has 2 rings (SSSR count). The van der Waals surface area contributed by atoms with Crippen molar-refractivity contribution in [2.75, 3.05) is 6.54 Å². The third-order valence-electron chi connectivity index (χ3n) is 2.53. The normalized spacial score (nSPS) is 21.9. The molecule has 1 aliphatic rings. The van der Waals surface area contributed by atoms with Gasteiger partial charge < -0.3 is 5.32 Å². The first-order valence-corrected chi connectivity index (χ1v) is 4.58. The molecule has 2 heterocycles. The zero-order valence-corrected chi connectivity index (χ0v) is 7.38. The fraction of sp³-hybridized carbons (Fsp3) is 0.500. The second-order valence-corrected chi connectivity index (χ2v) is 3.22. The van der Waals surface area contributed by atoms with Gasteiger partial charge in [-0.1, -0.05) is 6.92 Å². The van der Waals surface area contributed by atoms with Crippen LogP contribution in [-0.4, -0.2) is 11.5 Å². The van der Waals surface area contributed by atoms with E-state index >= 15 is 0 Å². The number of pyridine rings is 1. The van der Waals surface area contributed by atoms with Crippen LogP contribution < -0.4 is 5.32 Å². The molecule has 0 radical (unpaired) electrons. The van der Waals surface area contributed by atoms with Crippen molar-refractivity contribution in [2.45, 2.75) is 25.8 Å². The van der Waals surface area contributed by atoms with Crippen LogP contribution in [0.3, 0.4) is 0 Å². The molecule has 12 heavy (non-hydrogen) atoms. The maximum absolute atomic E-state index is 4.16. The number of nitrogens with zero attached hydrogens (tertiary/aromatic N) is 1. The minimum absolute atomic E-state index is 0.577. The Morgan fingerprint density at radius 3 is 3.08 bits per heavy atom. The summed E-state index contributed by atoms with van der Waals surface area (Å²) in [7, 11) is 0. The molecule has 0 aromatic carbocycles. The van der Waals surface area contributed by atoms with Gasteiger partial charge >= 0.3 is 0 Å². The van der Waals surface area contributed by atoms with Crippen LogP contribution in [0.15, 0.2) is 18.5 Å². The van der Waals surface area contributed by atoms with E-state index in [0.29, 0.717) is 6.04 Å². The number of aryl methyl sites for hydroxylation is 1. The highest BCUT2D eigenvalue weighted by Gasteiger charge is 2.20. The van der Waals surface area contributed by atoms with Gasteiger partial charge in [0.25, 0.3) is 0 Å². The molecule has 1 aromatic rings. The molecule has 2 nitrogen and oxygen atoms in total. The summed E-state index contributed by atoms with van der Waals surface area (Å²) >= 11 is 0. The molecule has 1 aromatic heterocycles. The Balaban J connectivity index is 2.27. The van der Waals surface area contributed by atoms with Crippen LogP contribution in [0.5, 0.6) is 0 Å². The smallest absolute Gasteiger partial charge is 0.0350 e. The van der Waals surface area contributed by atoms with Crippen LogP contribution in [0.4, 0.5) is 0 Å². The maximum Gasteiger partial charge on any atom is 0.0350 e. The van der Waals surface area contributed by atoms with Gasteiger partial charge in [0.1, 0.15) is 0 Å². The first-order valence-electron chi connectivity index (χ1n) is 4.58. The van der Waals surface area contributed by atoms with Gasteiger partial charge in [0.15, 0.2) is 0 Å². The molecule has 2 heteroatoms. The summed E-state index contributed by atoms with van der Waals surface area (Å²) in [5.74, 6) is 0. The number of rotatable bonds is 2. The van der Waals surface area contributed by atoms with Crippen LogP contribution >= 0.6 is 0 Å². The average Bonchev–Trinajstić information content (AvgIpc) is 2.02. The molecule has 0 aliphatic carbocycles. The topological polar surface area (TPSA) is 24.9 Å². The standard InChI is InChI=1S/C10H14N2/c1-2-8-3-5-11-7-9(8)10-4-6-12-10/h3,5,7,10,12H,2,4,6H2,1H3/t10-/m0/s1. The summed E-state index contributed by atoms with van der Waals surface area (Å²) < 4.78 is 0. The van der Waals surface area contributed by atoms with E-state index in [1.165, 1.54) is 17.5 Å². The lowest BCUT2D eigenvalue weighted by Crippen LogP contribution is -2.35. The van der Waals surface area contributed by atoms with Crippen molar-refractivity contribution in [3.05, 3.63) is 29.6 Å². The molecule has 1 saturated heterocycles. The Morgan fingerprint density at radius 2 is 2.50 bits per heavy atom. The van der Waals surface area contributed by atoms with Gasteiger partial charge in [0.05, 0.1) is 0 Å². The van der Waals surface area contributed by atoms with Gasteiger partial charge in [-0.05, 0) is 36.6 Å². The Bertz CT molecular complexity index is 266. The molecule has 0 unspecified atom stereocenters. The summed E-state index contributed by atoms with van der Waals surface area (Å²) in [5.41, 5.74) is 2.83. The fourth-order valence-corrected chi connectivity index (χ4v) is 1.63. The van der Waals surface area contributed by atoms with Gasteiger partial charge in [-0.3, -0.25) is 4.98 Å². The summed E-state index contributed by atoms with van der Waals surface area (Å²) in [6.45, 7) is 3.35. The molecule has 0 amide bonds. The van der Waals surface area contributed by atoms with E-state index in [0.717, 1.165) is 13.0 Å². The Hall–Kier alpha value is -0.890. The van der Waals surface area contributed by atoms with E-state index < -0.39 is 0 Å². The minimum atomic E-state index is 0.577. The largest absolute Gasteiger partial charge is 0.310 e. The zero-order valence-electron chi connectivity index (χ0n) is 7.38. The SMILES string of the molecule is CCc1ccncc1[C@@H]1CCN1. The minimum Gasteiger partial charge on any atom is -0.310 e.